The summed E-state index contributed by atoms with van der Waals surface area (Å²) in [5, 5.41) is 0. The SMILES string of the molecule is CCCCCCCCCCCCCCCCC(=O)O[C@@H](COC(=O)CCCCCCCCCCCCCCC(C)C)COC(=O)CCCCCCCCCCCCC(C)CC. The molecule has 61 heavy (non-hydrogen) atoms. The van der Waals surface area contributed by atoms with Crippen LogP contribution in [0.3, 0.4) is 0 Å². The van der Waals surface area contributed by atoms with Crippen LogP contribution in [0.25, 0.3) is 0 Å². The van der Waals surface area contributed by atoms with Crippen LogP contribution in [-0.2, 0) is 28.6 Å². The van der Waals surface area contributed by atoms with Crippen LogP contribution >= 0.6 is 0 Å². The molecule has 0 aromatic heterocycles. The third-order valence-electron chi connectivity index (χ3n) is 12.8. The van der Waals surface area contributed by atoms with E-state index in [2.05, 4.69) is 34.6 Å². The summed E-state index contributed by atoms with van der Waals surface area (Å²) in [6.07, 6.45) is 49.3. The standard InChI is InChI=1S/C55H106O6/c1-6-8-9-10-11-12-13-14-15-20-27-32-37-42-47-55(58)61-52(49-60-54(57)46-41-36-31-26-22-21-24-29-34-39-44-51(5)7-2)48-59-53(56)45-40-35-30-25-19-17-16-18-23-28-33-38-43-50(3)4/h50-52H,6-49H2,1-5H3/t51?,52-/m0/s1. The Balaban J connectivity index is 4.32. The van der Waals surface area contributed by atoms with Crippen LogP contribution < -0.4 is 0 Å². The molecule has 6 nitrogen and oxygen atoms in total. The van der Waals surface area contributed by atoms with Crippen molar-refractivity contribution in [1.29, 1.82) is 0 Å². The lowest BCUT2D eigenvalue weighted by Crippen LogP contribution is -2.30. The predicted molar refractivity (Wildman–Crippen MR) is 261 cm³/mol. The van der Waals surface area contributed by atoms with Gasteiger partial charge in [-0.1, -0.05) is 266 Å². The summed E-state index contributed by atoms with van der Waals surface area (Å²) in [5.74, 6) is 0.860. The average molecular weight is 863 g/mol. The first kappa shape index (κ1) is 59.4. The molecule has 0 spiro atoms. The topological polar surface area (TPSA) is 78.9 Å². The van der Waals surface area contributed by atoms with Crippen LogP contribution in [0, 0.1) is 11.8 Å². The zero-order valence-corrected chi connectivity index (χ0v) is 41.8. The second kappa shape index (κ2) is 47.9. The summed E-state index contributed by atoms with van der Waals surface area (Å²) >= 11 is 0. The quantitative estimate of drug-likeness (QED) is 0.0344. The molecule has 0 heterocycles. The molecule has 0 aliphatic carbocycles. The van der Waals surface area contributed by atoms with Gasteiger partial charge in [0, 0.05) is 19.3 Å². The lowest BCUT2D eigenvalue weighted by atomic mass is 9.99. The molecule has 0 fully saturated rings. The second-order valence-electron chi connectivity index (χ2n) is 19.6. The molecule has 0 saturated carbocycles. The van der Waals surface area contributed by atoms with Crippen molar-refractivity contribution in [2.24, 2.45) is 11.8 Å². The zero-order chi connectivity index (χ0) is 44.7. The van der Waals surface area contributed by atoms with Gasteiger partial charge < -0.3 is 14.2 Å². The summed E-state index contributed by atoms with van der Waals surface area (Å²) < 4.78 is 16.9. The van der Waals surface area contributed by atoms with Gasteiger partial charge in [0.2, 0.25) is 0 Å². The number of carbonyl (C=O) groups excluding carboxylic acids is 3. The van der Waals surface area contributed by atoms with E-state index in [1.807, 2.05) is 0 Å². The van der Waals surface area contributed by atoms with E-state index in [1.54, 1.807) is 0 Å². The van der Waals surface area contributed by atoms with Gasteiger partial charge in [0.05, 0.1) is 0 Å². The minimum absolute atomic E-state index is 0.0633. The molecule has 0 N–H and O–H groups in total. The van der Waals surface area contributed by atoms with E-state index >= 15 is 0 Å². The van der Waals surface area contributed by atoms with Crippen LogP contribution in [0.5, 0.6) is 0 Å². The van der Waals surface area contributed by atoms with E-state index in [9.17, 15) is 14.4 Å². The molecule has 6 heteroatoms. The molecule has 0 rings (SSSR count). The van der Waals surface area contributed by atoms with E-state index < -0.39 is 6.10 Å². The number of rotatable bonds is 49. The van der Waals surface area contributed by atoms with E-state index in [4.69, 9.17) is 14.2 Å². The van der Waals surface area contributed by atoms with E-state index in [0.717, 1.165) is 69.6 Å². The Hall–Kier alpha value is -1.59. The van der Waals surface area contributed by atoms with Gasteiger partial charge in [-0.15, -0.1) is 0 Å². The number of hydrogen-bond donors (Lipinski definition) is 0. The molecule has 0 bridgehead atoms. The van der Waals surface area contributed by atoms with Gasteiger partial charge in [0.15, 0.2) is 6.10 Å². The summed E-state index contributed by atoms with van der Waals surface area (Å²) in [5.41, 5.74) is 0. The molecule has 0 saturated heterocycles. The normalized spacial score (nSPS) is 12.5. The monoisotopic (exact) mass is 863 g/mol. The van der Waals surface area contributed by atoms with Crippen molar-refractivity contribution in [2.45, 2.75) is 310 Å². The molecule has 0 aliphatic heterocycles. The van der Waals surface area contributed by atoms with Gasteiger partial charge in [0.1, 0.15) is 13.2 Å². The fourth-order valence-corrected chi connectivity index (χ4v) is 8.31. The molecule has 0 amide bonds. The van der Waals surface area contributed by atoms with Gasteiger partial charge in [-0.3, -0.25) is 14.4 Å². The predicted octanol–water partition coefficient (Wildman–Crippen LogP) is 17.7. The van der Waals surface area contributed by atoms with E-state index in [-0.39, 0.29) is 31.1 Å². The average Bonchev–Trinajstić information content (AvgIpc) is 3.24. The molecule has 1 unspecified atom stereocenters. The number of esters is 3. The van der Waals surface area contributed by atoms with Crippen molar-refractivity contribution in [2.75, 3.05) is 13.2 Å². The lowest BCUT2D eigenvalue weighted by molar-refractivity contribution is -0.167. The Morgan fingerprint density at radius 3 is 0.934 bits per heavy atom. The Bertz CT molecular complexity index is 933. The second-order valence-corrected chi connectivity index (χ2v) is 19.6. The Labute approximate surface area is 380 Å². The smallest absolute Gasteiger partial charge is 0.306 e. The molecular weight excluding hydrogens is 757 g/mol. The molecular formula is C55H106O6. The van der Waals surface area contributed by atoms with Crippen LogP contribution in [0.1, 0.15) is 304 Å². The highest BCUT2D eigenvalue weighted by Crippen LogP contribution is 2.18. The first-order chi connectivity index (χ1) is 29.8. The van der Waals surface area contributed by atoms with Crippen molar-refractivity contribution in [3.8, 4) is 0 Å². The van der Waals surface area contributed by atoms with Crippen molar-refractivity contribution in [1.82, 2.24) is 0 Å². The minimum atomic E-state index is -0.762. The van der Waals surface area contributed by atoms with Gasteiger partial charge >= 0.3 is 17.9 Å². The largest absolute Gasteiger partial charge is 0.462 e. The van der Waals surface area contributed by atoms with Crippen LogP contribution in [0.4, 0.5) is 0 Å². The lowest BCUT2D eigenvalue weighted by Gasteiger charge is -2.18. The summed E-state index contributed by atoms with van der Waals surface area (Å²) in [6, 6.07) is 0. The van der Waals surface area contributed by atoms with Crippen molar-refractivity contribution >= 4 is 17.9 Å². The summed E-state index contributed by atoms with van der Waals surface area (Å²) in [4.78, 5) is 38.0. The third-order valence-corrected chi connectivity index (χ3v) is 12.8. The van der Waals surface area contributed by atoms with Crippen LogP contribution in [-0.4, -0.2) is 37.2 Å². The number of carbonyl (C=O) groups is 3. The maximum Gasteiger partial charge on any atom is 0.306 e. The maximum absolute atomic E-state index is 12.8. The van der Waals surface area contributed by atoms with E-state index in [0.29, 0.717) is 19.3 Å². The fourth-order valence-electron chi connectivity index (χ4n) is 8.31. The molecule has 0 aliphatic rings. The van der Waals surface area contributed by atoms with Crippen molar-refractivity contribution in [3.05, 3.63) is 0 Å². The van der Waals surface area contributed by atoms with Gasteiger partial charge in [-0.2, -0.15) is 0 Å². The highest BCUT2D eigenvalue weighted by atomic mass is 16.6. The molecule has 2 atom stereocenters. The van der Waals surface area contributed by atoms with Crippen LogP contribution in [0.2, 0.25) is 0 Å². The Morgan fingerprint density at radius 1 is 0.344 bits per heavy atom. The Morgan fingerprint density at radius 2 is 0.623 bits per heavy atom. The van der Waals surface area contributed by atoms with Crippen LogP contribution in [0.15, 0.2) is 0 Å². The molecule has 0 aromatic carbocycles. The number of unbranched alkanes of at least 4 members (excludes halogenated alkanes) is 33. The highest BCUT2D eigenvalue weighted by molar-refractivity contribution is 5.71. The molecule has 0 aromatic rings. The summed E-state index contributed by atoms with van der Waals surface area (Å²) in [7, 11) is 0. The number of hydrogen-bond acceptors (Lipinski definition) is 6. The molecule has 0 radical (unpaired) electrons. The minimum Gasteiger partial charge on any atom is -0.462 e. The third kappa shape index (κ3) is 47.7. The van der Waals surface area contributed by atoms with Gasteiger partial charge in [-0.05, 0) is 31.1 Å². The maximum atomic E-state index is 12.8. The van der Waals surface area contributed by atoms with Gasteiger partial charge in [-0.25, -0.2) is 0 Å². The number of ether oxygens (including phenoxy) is 3. The zero-order valence-electron chi connectivity index (χ0n) is 41.8. The molecule has 362 valence electrons. The Kier molecular flexibility index (Phi) is 46.6. The van der Waals surface area contributed by atoms with Crippen molar-refractivity contribution < 1.29 is 28.6 Å². The first-order valence-corrected chi connectivity index (χ1v) is 27.3. The van der Waals surface area contributed by atoms with Crippen molar-refractivity contribution in [3.63, 3.8) is 0 Å². The van der Waals surface area contributed by atoms with E-state index in [1.165, 1.54) is 193 Å². The fraction of sp³-hybridized carbons (Fsp3) is 0.945. The highest BCUT2D eigenvalue weighted by Gasteiger charge is 2.19. The first-order valence-electron chi connectivity index (χ1n) is 27.3. The summed E-state index contributed by atoms with van der Waals surface area (Å²) in [6.45, 7) is 11.4. The van der Waals surface area contributed by atoms with Gasteiger partial charge in [0.25, 0.3) is 0 Å².